The van der Waals surface area contributed by atoms with Crippen molar-refractivity contribution in [3.63, 3.8) is 0 Å². The molecule has 0 unspecified atom stereocenters. The van der Waals surface area contributed by atoms with Crippen LogP contribution in [0.3, 0.4) is 0 Å². The lowest BCUT2D eigenvalue weighted by molar-refractivity contribution is 0.396. The fraction of sp³-hybridized carbons (Fsp3) is 0.462. The van der Waals surface area contributed by atoms with Gasteiger partial charge in [0.2, 0.25) is 0 Å². The first-order valence-electron chi connectivity index (χ1n) is 6.20. The standard InChI is InChI=1S/C13H20N4S/c1-17(2)8-4-3-7-15-13-16-11-6-5-10(14)9-12(11)18-13/h5-6,9H,3-4,7-8,14H2,1-2H3,(H,15,16). The zero-order valence-electron chi connectivity index (χ0n) is 10.9. The highest BCUT2D eigenvalue weighted by atomic mass is 32.1. The van der Waals surface area contributed by atoms with E-state index in [0.717, 1.165) is 40.5 Å². The van der Waals surface area contributed by atoms with E-state index in [2.05, 4.69) is 29.3 Å². The molecule has 0 aliphatic heterocycles. The first-order valence-corrected chi connectivity index (χ1v) is 7.01. The van der Waals surface area contributed by atoms with Crippen molar-refractivity contribution >= 4 is 32.4 Å². The molecule has 0 spiro atoms. The number of hydrogen-bond donors (Lipinski definition) is 2. The number of aromatic nitrogens is 1. The van der Waals surface area contributed by atoms with Crippen LogP contribution in [0.2, 0.25) is 0 Å². The molecule has 0 amide bonds. The van der Waals surface area contributed by atoms with E-state index in [4.69, 9.17) is 5.73 Å². The van der Waals surface area contributed by atoms with Gasteiger partial charge in [-0.25, -0.2) is 4.98 Å². The Morgan fingerprint density at radius 3 is 2.94 bits per heavy atom. The Balaban J connectivity index is 1.84. The van der Waals surface area contributed by atoms with Gasteiger partial charge in [0.1, 0.15) is 0 Å². The highest BCUT2D eigenvalue weighted by molar-refractivity contribution is 7.22. The van der Waals surface area contributed by atoms with Crippen molar-refractivity contribution in [1.29, 1.82) is 0 Å². The van der Waals surface area contributed by atoms with Crippen LogP contribution < -0.4 is 11.1 Å². The molecule has 0 atom stereocenters. The predicted molar refractivity (Wildman–Crippen MR) is 80.3 cm³/mol. The van der Waals surface area contributed by atoms with Gasteiger partial charge in [0.05, 0.1) is 10.2 Å². The average Bonchev–Trinajstić information content (AvgIpc) is 2.70. The number of thiazole rings is 1. The maximum Gasteiger partial charge on any atom is 0.183 e. The third-order valence-electron chi connectivity index (χ3n) is 2.72. The Morgan fingerprint density at radius 2 is 2.17 bits per heavy atom. The summed E-state index contributed by atoms with van der Waals surface area (Å²) in [4.78, 5) is 6.74. The van der Waals surface area contributed by atoms with Gasteiger partial charge in [0.15, 0.2) is 5.13 Å². The van der Waals surface area contributed by atoms with Crippen molar-refractivity contribution < 1.29 is 0 Å². The highest BCUT2D eigenvalue weighted by Crippen LogP contribution is 2.27. The average molecular weight is 264 g/mol. The van der Waals surface area contributed by atoms with Crippen LogP contribution >= 0.6 is 11.3 Å². The van der Waals surface area contributed by atoms with E-state index in [-0.39, 0.29) is 0 Å². The maximum absolute atomic E-state index is 5.75. The van der Waals surface area contributed by atoms with E-state index in [9.17, 15) is 0 Å². The number of nitrogens with one attached hydrogen (secondary N) is 1. The summed E-state index contributed by atoms with van der Waals surface area (Å²) in [5.74, 6) is 0. The maximum atomic E-state index is 5.75. The number of anilines is 2. The summed E-state index contributed by atoms with van der Waals surface area (Å²) < 4.78 is 1.14. The summed E-state index contributed by atoms with van der Waals surface area (Å²) in [6.45, 7) is 2.11. The van der Waals surface area contributed by atoms with Crippen molar-refractivity contribution in [2.45, 2.75) is 12.8 Å². The minimum atomic E-state index is 0.795. The number of nitrogen functional groups attached to an aromatic ring is 1. The van der Waals surface area contributed by atoms with E-state index < -0.39 is 0 Å². The Kier molecular flexibility index (Phi) is 4.38. The summed E-state index contributed by atoms with van der Waals surface area (Å²) in [5.41, 5.74) is 7.57. The fourth-order valence-corrected chi connectivity index (χ4v) is 2.70. The zero-order valence-corrected chi connectivity index (χ0v) is 11.8. The molecule has 0 saturated carbocycles. The van der Waals surface area contributed by atoms with Gasteiger partial charge in [-0.05, 0) is 51.7 Å². The van der Waals surface area contributed by atoms with E-state index in [1.807, 2.05) is 18.2 Å². The molecule has 0 saturated heterocycles. The van der Waals surface area contributed by atoms with Gasteiger partial charge in [-0.15, -0.1) is 0 Å². The first kappa shape index (κ1) is 13.1. The SMILES string of the molecule is CN(C)CCCCNc1nc2ccc(N)cc2s1. The van der Waals surface area contributed by atoms with Gasteiger partial charge in [-0.2, -0.15) is 0 Å². The van der Waals surface area contributed by atoms with Crippen LogP contribution in [0.25, 0.3) is 10.2 Å². The molecule has 1 heterocycles. The van der Waals surface area contributed by atoms with E-state index in [0.29, 0.717) is 0 Å². The normalized spacial score (nSPS) is 11.3. The number of unbranched alkanes of at least 4 members (excludes halogenated alkanes) is 1. The lowest BCUT2D eigenvalue weighted by atomic mass is 10.3. The molecule has 2 aromatic rings. The number of fused-ring (bicyclic) bond motifs is 1. The Bertz CT molecular complexity index is 507. The molecule has 0 radical (unpaired) electrons. The fourth-order valence-electron chi connectivity index (χ4n) is 1.77. The van der Waals surface area contributed by atoms with Crippen molar-refractivity contribution in [2.24, 2.45) is 0 Å². The lowest BCUT2D eigenvalue weighted by Gasteiger charge is -2.08. The number of rotatable bonds is 6. The molecule has 98 valence electrons. The van der Waals surface area contributed by atoms with Gasteiger partial charge in [-0.1, -0.05) is 11.3 Å². The topological polar surface area (TPSA) is 54.2 Å². The van der Waals surface area contributed by atoms with Crippen LogP contribution in [0.4, 0.5) is 10.8 Å². The van der Waals surface area contributed by atoms with Gasteiger partial charge in [-0.3, -0.25) is 0 Å². The third-order valence-corrected chi connectivity index (χ3v) is 3.70. The Labute approximate surface area is 112 Å². The van der Waals surface area contributed by atoms with Crippen molar-refractivity contribution in [2.75, 3.05) is 38.2 Å². The zero-order chi connectivity index (χ0) is 13.0. The predicted octanol–water partition coefficient (Wildman–Crippen LogP) is 2.63. The van der Waals surface area contributed by atoms with Crippen LogP contribution in [0.5, 0.6) is 0 Å². The molecule has 4 nitrogen and oxygen atoms in total. The summed E-state index contributed by atoms with van der Waals surface area (Å²) in [5, 5.41) is 4.36. The summed E-state index contributed by atoms with van der Waals surface area (Å²) in [7, 11) is 4.21. The van der Waals surface area contributed by atoms with Gasteiger partial charge < -0.3 is 16.0 Å². The second kappa shape index (κ2) is 6.02. The van der Waals surface area contributed by atoms with Crippen molar-refractivity contribution in [1.82, 2.24) is 9.88 Å². The van der Waals surface area contributed by atoms with Crippen LogP contribution in [0.15, 0.2) is 18.2 Å². The van der Waals surface area contributed by atoms with Gasteiger partial charge in [0, 0.05) is 12.2 Å². The quantitative estimate of drug-likeness (QED) is 0.622. The summed E-state index contributed by atoms with van der Waals surface area (Å²) >= 11 is 1.66. The van der Waals surface area contributed by atoms with Crippen LogP contribution in [-0.4, -0.2) is 37.1 Å². The molecule has 18 heavy (non-hydrogen) atoms. The smallest absolute Gasteiger partial charge is 0.183 e. The van der Waals surface area contributed by atoms with E-state index >= 15 is 0 Å². The largest absolute Gasteiger partial charge is 0.399 e. The molecule has 2 rings (SSSR count). The lowest BCUT2D eigenvalue weighted by Crippen LogP contribution is -2.14. The second-order valence-electron chi connectivity index (χ2n) is 4.68. The van der Waals surface area contributed by atoms with Crippen LogP contribution in [-0.2, 0) is 0 Å². The molecule has 0 aliphatic rings. The molecule has 0 aliphatic carbocycles. The minimum Gasteiger partial charge on any atom is -0.399 e. The molecule has 0 bridgehead atoms. The van der Waals surface area contributed by atoms with E-state index in [1.54, 1.807) is 11.3 Å². The second-order valence-corrected chi connectivity index (χ2v) is 5.71. The van der Waals surface area contributed by atoms with Crippen LogP contribution in [0, 0.1) is 0 Å². The molecular weight excluding hydrogens is 244 g/mol. The number of benzene rings is 1. The Morgan fingerprint density at radius 1 is 1.33 bits per heavy atom. The van der Waals surface area contributed by atoms with Crippen molar-refractivity contribution in [3.8, 4) is 0 Å². The molecule has 5 heteroatoms. The molecule has 3 N–H and O–H groups in total. The van der Waals surface area contributed by atoms with E-state index in [1.165, 1.54) is 6.42 Å². The number of nitrogens with zero attached hydrogens (tertiary/aromatic N) is 2. The number of nitrogens with two attached hydrogens (primary N) is 1. The third kappa shape index (κ3) is 3.58. The summed E-state index contributed by atoms with van der Waals surface area (Å²) in [6.07, 6.45) is 2.37. The van der Waals surface area contributed by atoms with Crippen molar-refractivity contribution in [3.05, 3.63) is 18.2 Å². The molecule has 1 aromatic heterocycles. The molecule has 1 aromatic carbocycles. The van der Waals surface area contributed by atoms with Gasteiger partial charge >= 0.3 is 0 Å². The molecular formula is C13H20N4S. The molecule has 0 fully saturated rings. The Hall–Kier alpha value is -1.33. The minimum absolute atomic E-state index is 0.795. The van der Waals surface area contributed by atoms with Gasteiger partial charge in [0.25, 0.3) is 0 Å². The first-order chi connectivity index (χ1) is 8.65. The number of hydrogen-bond acceptors (Lipinski definition) is 5. The summed E-state index contributed by atoms with van der Waals surface area (Å²) in [6, 6.07) is 5.84. The van der Waals surface area contributed by atoms with Crippen LogP contribution in [0.1, 0.15) is 12.8 Å². The monoisotopic (exact) mass is 264 g/mol. The highest BCUT2D eigenvalue weighted by Gasteiger charge is 2.03.